The molecule has 17 heavy (non-hydrogen) atoms. The van der Waals surface area contributed by atoms with Crippen molar-refractivity contribution in [2.45, 2.75) is 70.0 Å². The van der Waals surface area contributed by atoms with Crippen molar-refractivity contribution in [1.82, 2.24) is 10.2 Å². The van der Waals surface area contributed by atoms with Gasteiger partial charge in [-0.2, -0.15) is 0 Å². The normalized spacial score (nSPS) is 35.9. The predicted octanol–water partition coefficient (Wildman–Crippen LogP) is 1.92. The van der Waals surface area contributed by atoms with Gasteiger partial charge in [0.15, 0.2) is 0 Å². The van der Waals surface area contributed by atoms with Gasteiger partial charge in [0.1, 0.15) is 0 Å². The molecule has 0 aromatic carbocycles. The van der Waals surface area contributed by atoms with Crippen LogP contribution >= 0.6 is 0 Å². The number of nitrogens with one attached hydrogen (secondary N) is 1. The topological polar surface area (TPSA) is 32.3 Å². The molecule has 3 aliphatic rings. The summed E-state index contributed by atoms with van der Waals surface area (Å²) < 4.78 is 0. The minimum atomic E-state index is 0.418. The molecule has 0 spiro atoms. The summed E-state index contributed by atoms with van der Waals surface area (Å²) in [5.41, 5.74) is 0. The zero-order chi connectivity index (χ0) is 11.8. The second kappa shape index (κ2) is 4.60. The van der Waals surface area contributed by atoms with E-state index in [2.05, 4.69) is 17.1 Å². The minimum Gasteiger partial charge on any atom is -0.340 e. The van der Waals surface area contributed by atoms with E-state index in [1.165, 1.54) is 38.5 Å². The second-order valence-electron chi connectivity index (χ2n) is 6.09. The molecular weight excluding hydrogens is 212 g/mol. The van der Waals surface area contributed by atoms with Gasteiger partial charge in [0.05, 0.1) is 0 Å². The van der Waals surface area contributed by atoms with E-state index >= 15 is 0 Å². The van der Waals surface area contributed by atoms with Gasteiger partial charge >= 0.3 is 0 Å². The van der Waals surface area contributed by atoms with Crippen molar-refractivity contribution in [3.05, 3.63) is 0 Å². The van der Waals surface area contributed by atoms with Crippen LogP contribution in [0.2, 0.25) is 0 Å². The van der Waals surface area contributed by atoms with Gasteiger partial charge in [-0.3, -0.25) is 4.79 Å². The molecule has 2 atom stereocenters. The molecule has 2 unspecified atom stereocenters. The Labute approximate surface area is 104 Å². The second-order valence-corrected chi connectivity index (χ2v) is 6.09. The van der Waals surface area contributed by atoms with Crippen molar-refractivity contribution >= 4 is 5.91 Å². The van der Waals surface area contributed by atoms with E-state index in [1.54, 1.807) is 0 Å². The Balaban J connectivity index is 1.61. The number of amides is 1. The zero-order valence-corrected chi connectivity index (χ0v) is 10.8. The predicted molar refractivity (Wildman–Crippen MR) is 67.7 cm³/mol. The lowest BCUT2D eigenvalue weighted by molar-refractivity contribution is -0.134. The van der Waals surface area contributed by atoms with Crippen LogP contribution in [0.4, 0.5) is 0 Å². The van der Waals surface area contributed by atoms with Crippen LogP contribution in [-0.4, -0.2) is 35.5 Å². The quantitative estimate of drug-likeness (QED) is 0.809. The molecule has 3 rings (SSSR count). The maximum Gasteiger partial charge on any atom is 0.223 e. The SMILES string of the molecule is CCN(C(=O)CC1CC1)C1CC2CCC(C1)N2. The van der Waals surface area contributed by atoms with Crippen molar-refractivity contribution in [2.24, 2.45) is 5.92 Å². The van der Waals surface area contributed by atoms with Crippen LogP contribution in [-0.2, 0) is 4.79 Å². The van der Waals surface area contributed by atoms with E-state index in [0.29, 0.717) is 24.0 Å². The number of hydrogen-bond donors (Lipinski definition) is 1. The molecule has 3 fully saturated rings. The molecular formula is C14H24N2O. The average Bonchev–Trinajstić information content (AvgIpc) is 3.05. The highest BCUT2D eigenvalue weighted by Crippen LogP contribution is 2.35. The first-order chi connectivity index (χ1) is 8.26. The molecule has 1 N–H and O–H groups in total. The fourth-order valence-electron chi connectivity index (χ4n) is 3.61. The van der Waals surface area contributed by atoms with Crippen molar-refractivity contribution < 1.29 is 4.79 Å². The largest absolute Gasteiger partial charge is 0.340 e. The third kappa shape index (κ3) is 2.49. The van der Waals surface area contributed by atoms with Crippen LogP contribution in [0.3, 0.4) is 0 Å². The molecule has 0 radical (unpaired) electrons. The number of nitrogens with zero attached hydrogens (tertiary/aromatic N) is 1. The maximum atomic E-state index is 12.3. The number of hydrogen-bond acceptors (Lipinski definition) is 2. The Kier molecular flexibility index (Phi) is 3.12. The lowest BCUT2D eigenvalue weighted by Gasteiger charge is -2.37. The Morgan fingerprint density at radius 3 is 2.35 bits per heavy atom. The molecule has 3 heteroatoms. The van der Waals surface area contributed by atoms with Gasteiger partial charge in [0, 0.05) is 31.1 Å². The highest BCUT2D eigenvalue weighted by molar-refractivity contribution is 5.77. The third-order valence-electron chi connectivity index (χ3n) is 4.71. The fourth-order valence-corrected chi connectivity index (χ4v) is 3.61. The lowest BCUT2D eigenvalue weighted by atomic mass is 9.97. The van der Waals surface area contributed by atoms with E-state index in [4.69, 9.17) is 0 Å². The van der Waals surface area contributed by atoms with Crippen molar-refractivity contribution in [2.75, 3.05) is 6.54 Å². The smallest absolute Gasteiger partial charge is 0.223 e. The summed E-state index contributed by atoms with van der Waals surface area (Å²) in [6.45, 7) is 3.03. The molecule has 96 valence electrons. The standard InChI is InChI=1S/C14H24N2O/c1-2-16(14(17)7-10-3-4-10)13-8-11-5-6-12(9-13)15-11/h10-13,15H,2-9H2,1H3. The van der Waals surface area contributed by atoms with Gasteiger partial charge in [-0.15, -0.1) is 0 Å². The van der Waals surface area contributed by atoms with Crippen molar-refractivity contribution in [1.29, 1.82) is 0 Å². The Morgan fingerprint density at radius 1 is 1.18 bits per heavy atom. The molecule has 2 bridgehead atoms. The summed E-state index contributed by atoms with van der Waals surface area (Å²) in [5.74, 6) is 1.14. The monoisotopic (exact) mass is 236 g/mol. The summed E-state index contributed by atoms with van der Waals surface area (Å²) >= 11 is 0. The average molecular weight is 236 g/mol. The lowest BCUT2D eigenvalue weighted by Crippen LogP contribution is -2.50. The Hall–Kier alpha value is -0.570. The first-order valence-electron chi connectivity index (χ1n) is 7.31. The highest BCUT2D eigenvalue weighted by Gasteiger charge is 2.37. The summed E-state index contributed by atoms with van der Waals surface area (Å²) in [6, 6.07) is 1.88. The zero-order valence-electron chi connectivity index (χ0n) is 10.8. The van der Waals surface area contributed by atoms with Crippen molar-refractivity contribution in [3.8, 4) is 0 Å². The van der Waals surface area contributed by atoms with E-state index in [-0.39, 0.29) is 0 Å². The van der Waals surface area contributed by atoms with Crippen LogP contribution in [0.1, 0.15) is 51.9 Å². The number of fused-ring (bicyclic) bond motifs is 2. The number of carbonyl (C=O) groups excluding carboxylic acids is 1. The Morgan fingerprint density at radius 2 is 1.82 bits per heavy atom. The first kappa shape index (κ1) is 11.5. The van der Waals surface area contributed by atoms with E-state index in [0.717, 1.165) is 18.9 Å². The summed E-state index contributed by atoms with van der Waals surface area (Å²) in [4.78, 5) is 14.4. The first-order valence-corrected chi connectivity index (χ1v) is 7.31. The van der Waals surface area contributed by atoms with Crippen LogP contribution < -0.4 is 5.32 Å². The number of piperidine rings is 1. The fraction of sp³-hybridized carbons (Fsp3) is 0.929. The highest BCUT2D eigenvalue weighted by atomic mass is 16.2. The molecule has 2 heterocycles. The third-order valence-corrected chi connectivity index (χ3v) is 4.71. The summed E-state index contributed by atoms with van der Waals surface area (Å²) in [7, 11) is 0. The molecule has 0 aromatic rings. The Bertz CT molecular complexity index is 289. The van der Waals surface area contributed by atoms with Gasteiger partial charge in [-0.1, -0.05) is 0 Å². The molecule has 0 aromatic heterocycles. The summed E-state index contributed by atoms with van der Waals surface area (Å²) in [5, 5.41) is 3.65. The van der Waals surface area contributed by atoms with Crippen molar-refractivity contribution in [3.63, 3.8) is 0 Å². The number of rotatable bonds is 4. The van der Waals surface area contributed by atoms with Crippen LogP contribution in [0.15, 0.2) is 0 Å². The van der Waals surface area contributed by atoms with Gasteiger partial charge < -0.3 is 10.2 Å². The van der Waals surface area contributed by atoms with E-state index in [1.807, 2.05) is 0 Å². The van der Waals surface area contributed by atoms with E-state index < -0.39 is 0 Å². The molecule has 1 amide bonds. The molecule has 1 aliphatic carbocycles. The number of carbonyl (C=O) groups is 1. The minimum absolute atomic E-state index is 0.418. The van der Waals surface area contributed by atoms with Gasteiger partial charge in [-0.05, 0) is 51.4 Å². The van der Waals surface area contributed by atoms with Gasteiger partial charge in [-0.25, -0.2) is 0 Å². The maximum absolute atomic E-state index is 12.3. The van der Waals surface area contributed by atoms with Gasteiger partial charge in [0.2, 0.25) is 5.91 Å². The molecule has 1 saturated carbocycles. The van der Waals surface area contributed by atoms with E-state index in [9.17, 15) is 4.79 Å². The van der Waals surface area contributed by atoms with Crippen LogP contribution in [0.25, 0.3) is 0 Å². The molecule has 2 saturated heterocycles. The van der Waals surface area contributed by atoms with Crippen LogP contribution in [0, 0.1) is 5.92 Å². The molecule has 2 aliphatic heterocycles. The summed E-state index contributed by atoms with van der Waals surface area (Å²) in [6.07, 6.45) is 8.36. The molecule has 3 nitrogen and oxygen atoms in total. The van der Waals surface area contributed by atoms with Crippen LogP contribution in [0.5, 0.6) is 0 Å². The van der Waals surface area contributed by atoms with Gasteiger partial charge in [0.25, 0.3) is 0 Å².